The second-order valence-corrected chi connectivity index (χ2v) is 5.13. The number of rotatable bonds is 6. The lowest BCUT2D eigenvalue weighted by Gasteiger charge is -2.23. The fraction of sp³-hybridized carbons (Fsp3) is 0.538. The SMILES string of the molecule is C=CC(=O)N(CCNC(=O)OC(C)(C)C)C/C(N)=C/N. The molecule has 0 unspecified atom stereocenters. The Morgan fingerprint density at radius 2 is 2.00 bits per heavy atom. The van der Waals surface area contributed by atoms with Gasteiger partial charge in [0.1, 0.15) is 5.60 Å². The monoisotopic (exact) mass is 284 g/mol. The van der Waals surface area contributed by atoms with Gasteiger partial charge in [0.05, 0.1) is 6.54 Å². The standard InChI is InChI=1S/C13H24N4O3/c1-5-11(18)17(9-10(15)8-14)7-6-16-12(19)20-13(2,3)4/h5,8H,1,6-7,9,14-15H2,2-4H3,(H,16,19)/b10-8-. The van der Waals surface area contributed by atoms with Crippen molar-refractivity contribution >= 4 is 12.0 Å². The van der Waals surface area contributed by atoms with Gasteiger partial charge in [-0.15, -0.1) is 0 Å². The van der Waals surface area contributed by atoms with E-state index in [4.69, 9.17) is 16.2 Å². The Labute approximate surface area is 119 Å². The largest absolute Gasteiger partial charge is 0.444 e. The van der Waals surface area contributed by atoms with Gasteiger partial charge in [0.15, 0.2) is 0 Å². The highest BCUT2D eigenvalue weighted by molar-refractivity contribution is 5.87. The van der Waals surface area contributed by atoms with Gasteiger partial charge in [0.2, 0.25) is 5.91 Å². The molecule has 0 saturated heterocycles. The van der Waals surface area contributed by atoms with Gasteiger partial charge < -0.3 is 26.4 Å². The van der Waals surface area contributed by atoms with Crippen LogP contribution in [0.4, 0.5) is 4.79 Å². The van der Waals surface area contributed by atoms with E-state index in [1.807, 2.05) is 0 Å². The van der Waals surface area contributed by atoms with Crippen molar-refractivity contribution in [2.75, 3.05) is 19.6 Å². The summed E-state index contributed by atoms with van der Waals surface area (Å²) in [6, 6.07) is 0. The van der Waals surface area contributed by atoms with Crippen LogP contribution in [-0.2, 0) is 9.53 Å². The number of carbonyl (C=O) groups excluding carboxylic acids is 2. The third kappa shape index (κ3) is 8.02. The number of hydrogen-bond acceptors (Lipinski definition) is 5. The molecular weight excluding hydrogens is 260 g/mol. The van der Waals surface area contributed by atoms with Crippen LogP contribution in [0.5, 0.6) is 0 Å². The van der Waals surface area contributed by atoms with E-state index in [1.54, 1.807) is 20.8 Å². The molecule has 0 aromatic heterocycles. The second kappa shape index (κ2) is 8.08. The minimum atomic E-state index is -0.562. The molecule has 5 N–H and O–H groups in total. The second-order valence-electron chi connectivity index (χ2n) is 5.13. The number of nitrogens with zero attached hydrogens (tertiary/aromatic N) is 1. The first-order chi connectivity index (χ1) is 9.19. The van der Waals surface area contributed by atoms with Gasteiger partial charge in [0.25, 0.3) is 0 Å². The molecule has 0 fully saturated rings. The first-order valence-corrected chi connectivity index (χ1v) is 6.24. The molecule has 0 aromatic rings. The highest BCUT2D eigenvalue weighted by Crippen LogP contribution is 2.06. The highest BCUT2D eigenvalue weighted by Gasteiger charge is 2.16. The third-order valence-electron chi connectivity index (χ3n) is 2.12. The summed E-state index contributed by atoms with van der Waals surface area (Å²) < 4.78 is 5.08. The van der Waals surface area contributed by atoms with Crippen molar-refractivity contribution in [2.24, 2.45) is 11.5 Å². The fourth-order valence-corrected chi connectivity index (χ4v) is 1.28. The predicted molar refractivity (Wildman–Crippen MR) is 77.5 cm³/mol. The third-order valence-corrected chi connectivity index (χ3v) is 2.12. The maximum absolute atomic E-state index is 11.6. The van der Waals surface area contributed by atoms with Crippen LogP contribution in [0.25, 0.3) is 0 Å². The van der Waals surface area contributed by atoms with Crippen LogP contribution in [0.3, 0.4) is 0 Å². The Bertz CT molecular complexity index is 386. The van der Waals surface area contributed by atoms with E-state index in [1.165, 1.54) is 17.2 Å². The van der Waals surface area contributed by atoms with Gasteiger partial charge in [-0.2, -0.15) is 0 Å². The Hall–Kier alpha value is -2.18. The summed E-state index contributed by atoms with van der Waals surface area (Å²) in [5, 5.41) is 2.56. The molecule has 0 spiro atoms. The van der Waals surface area contributed by atoms with Gasteiger partial charge >= 0.3 is 6.09 Å². The molecule has 0 aliphatic rings. The summed E-state index contributed by atoms with van der Waals surface area (Å²) >= 11 is 0. The molecule has 0 aliphatic heterocycles. The van der Waals surface area contributed by atoms with E-state index >= 15 is 0 Å². The van der Waals surface area contributed by atoms with E-state index in [0.717, 1.165) is 0 Å². The van der Waals surface area contributed by atoms with Crippen LogP contribution in [0.1, 0.15) is 20.8 Å². The van der Waals surface area contributed by atoms with E-state index in [-0.39, 0.29) is 25.5 Å². The molecule has 0 bridgehead atoms. The number of carbonyl (C=O) groups is 2. The smallest absolute Gasteiger partial charge is 0.407 e. The molecule has 0 saturated carbocycles. The van der Waals surface area contributed by atoms with Crippen molar-refractivity contribution in [3.8, 4) is 0 Å². The number of nitrogens with one attached hydrogen (secondary N) is 1. The quantitative estimate of drug-likeness (QED) is 0.607. The van der Waals surface area contributed by atoms with Crippen LogP contribution in [-0.4, -0.2) is 42.1 Å². The van der Waals surface area contributed by atoms with Crippen LogP contribution >= 0.6 is 0 Å². The first-order valence-electron chi connectivity index (χ1n) is 6.24. The van der Waals surface area contributed by atoms with Gasteiger partial charge in [-0.1, -0.05) is 6.58 Å². The first kappa shape index (κ1) is 17.8. The zero-order valence-electron chi connectivity index (χ0n) is 12.3. The lowest BCUT2D eigenvalue weighted by atomic mass is 10.2. The van der Waals surface area contributed by atoms with Gasteiger partial charge in [-0.25, -0.2) is 4.79 Å². The van der Waals surface area contributed by atoms with Crippen molar-refractivity contribution in [3.05, 3.63) is 24.6 Å². The normalized spacial score (nSPS) is 11.7. The van der Waals surface area contributed by atoms with E-state index < -0.39 is 11.7 Å². The molecule has 0 atom stereocenters. The molecule has 0 aliphatic carbocycles. The zero-order chi connectivity index (χ0) is 15.8. The summed E-state index contributed by atoms with van der Waals surface area (Å²) in [6.45, 7) is 9.42. The molecule has 0 aromatic carbocycles. The lowest BCUT2D eigenvalue weighted by molar-refractivity contribution is -0.125. The van der Waals surface area contributed by atoms with Crippen LogP contribution in [0.15, 0.2) is 24.6 Å². The van der Waals surface area contributed by atoms with Crippen molar-refractivity contribution in [2.45, 2.75) is 26.4 Å². The Morgan fingerprint density at radius 3 is 2.45 bits per heavy atom. The minimum absolute atomic E-state index is 0.178. The van der Waals surface area contributed by atoms with Crippen molar-refractivity contribution < 1.29 is 14.3 Å². The summed E-state index contributed by atoms with van der Waals surface area (Å²) in [5.41, 5.74) is 10.6. The molecule has 0 heterocycles. The average Bonchev–Trinajstić information content (AvgIpc) is 2.34. The molecule has 7 nitrogen and oxygen atoms in total. The summed E-state index contributed by atoms with van der Waals surface area (Å²) in [6.07, 6.45) is 1.87. The fourth-order valence-electron chi connectivity index (χ4n) is 1.28. The van der Waals surface area contributed by atoms with Crippen molar-refractivity contribution in [1.29, 1.82) is 0 Å². The Morgan fingerprint density at radius 1 is 1.40 bits per heavy atom. The van der Waals surface area contributed by atoms with Gasteiger partial charge in [-0.3, -0.25) is 4.79 Å². The Kier molecular flexibility index (Phi) is 7.20. The molecular formula is C13H24N4O3. The van der Waals surface area contributed by atoms with Crippen LogP contribution < -0.4 is 16.8 Å². The molecule has 0 radical (unpaired) electrons. The number of amides is 2. The number of ether oxygens (including phenoxy) is 1. The summed E-state index contributed by atoms with van der Waals surface area (Å²) in [5.74, 6) is -0.291. The van der Waals surface area contributed by atoms with Crippen LogP contribution in [0, 0.1) is 0 Å². The molecule has 0 rings (SSSR count). The predicted octanol–water partition coefficient (Wildman–Crippen LogP) is 0.285. The van der Waals surface area contributed by atoms with Crippen molar-refractivity contribution in [3.63, 3.8) is 0 Å². The maximum Gasteiger partial charge on any atom is 0.407 e. The zero-order valence-corrected chi connectivity index (χ0v) is 12.3. The molecule has 2 amide bonds. The summed E-state index contributed by atoms with van der Waals surface area (Å²) in [7, 11) is 0. The molecule has 114 valence electrons. The van der Waals surface area contributed by atoms with Crippen molar-refractivity contribution in [1.82, 2.24) is 10.2 Å². The molecule has 20 heavy (non-hydrogen) atoms. The van der Waals surface area contributed by atoms with E-state index in [0.29, 0.717) is 5.70 Å². The van der Waals surface area contributed by atoms with Gasteiger partial charge in [0, 0.05) is 25.0 Å². The number of hydrogen-bond donors (Lipinski definition) is 3. The highest BCUT2D eigenvalue weighted by atomic mass is 16.6. The number of alkyl carbamates (subject to hydrolysis) is 1. The van der Waals surface area contributed by atoms with E-state index in [2.05, 4.69) is 11.9 Å². The number of nitrogens with two attached hydrogens (primary N) is 2. The molecule has 7 heteroatoms. The van der Waals surface area contributed by atoms with E-state index in [9.17, 15) is 9.59 Å². The lowest BCUT2D eigenvalue weighted by Crippen LogP contribution is -2.41. The van der Waals surface area contributed by atoms with Crippen LogP contribution in [0.2, 0.25) is 0 Å². The Balaban J connectivity index is 4.31. The minimum Gasteiger partial charge on any atom is -0.444 e. The summed E-state index contributed by atoms with van der Waals surface area (Å²) in [4.78, 5) is 24.5. The maximum atomic E-state index is 11.6. The average molecular weight is 284 g/mol. The topological polar surface area (TPSA) is 111 Å². The van der Waals surface area contributed by atoms with Gasteiger partial charge in [-0.05, 0) is 26.8 Å².